The first-order valence-corrected chi connectivity index (χ1v) is 12.0. The number of nitrogens with one attached hydrogen (secondary N) is 1. The van der Waals surface area contributed by atoms with Gasteiger partial charge >= 0.3 is 6.09 Å². The van der Waals surface area contributed by atoms with Gasteiger partial charge in [-0.2, -0.15) is 5.10 Å². The summed E-state index contributed by atoms with van der Waals surface area (Å²) in [7, 11) is 0. The van der Waals surface area contributed by atoms with E-state index >= 15 is 0 Å². The quantitative estimate of drug-likeness (QED) is 0.589. The summed E-state index contributed by atoms with van der Waals surface area (Å²) >= 11 is 3.63. The molecule has 1 aliphatic carbocycles. The Morgan fingerprint density at radius 3 is 2.65 bits per heavy atom. The molecule has 1 unspecified atom stereocenters. The summed E-state index contributed by atoms with van der Waals surface area (Å²) in [6, 6.07) is 4.22. The van der Waals surface area contributed by atoms with Crippen molar-refractivity contribution >= 4 is 32.9 Å². The minimum Gasteiger partial charge on any atom is -0.490 e. The average Bonchev–Trinajstić information content (AvgIpc) is 3.12. The molecule has 0 spiro atoms. The van der Waals surface area contributed by atoms with Gasteiger partial charge in [-0.05, 0) is 77.8 Å². The SMILES string of the molecule is CC(C)(C)OC(=O)NC1CCC(Oc2cc(Br)cc3c2cnn3C2CCCCO2)CC1. The van der Waals surface area contributed by atoms with E-state index < -0.39 is 5.60 Å². The van der Waals surface area contributed by atoms with Gasteiger partial charge in [-0.15, -0.1) is 0 Å². The Kier molecular flexibility index (Phi) is 6.77. The van der Waals surface area contributed by atoms with E-state index in [-0.39, 0.29) is 24.5 Å². The zero-order valence-electron chi connectivity index (χ0n) is 18.5. The highest BCUT2D eigenvalue weighted by molar-refractivity contribution is 9.10. The monoisotopic (exact) mass is 493 g/mol. The largest absolute Gasteiger partial charge is 0.490 e. The Morgan fingerprint density at radius 1 is 1.19 bits per heavy atom. The van der Waals surface area contributed by atoms with Gasteiger partial charge in [0, 0.05) is 17.1 Å². The van der Waals surface area contributed by atoms with Crippen LogP contribution < -0.4 is 10.1 Å². The summed E-state index contributed by atoms with van der Waals surface area (Å²) in [5.41, 5.74) is 0.542. The van der Waals surface area contributed by atoms with Crippen LogP contribution in [0.3, 0.4) is 0 Å². The van der Waals surface area contributed by atoms with Gasteiger partial charge in [-0.3, -0.25) is 0 Å². The van der Waals surface area contributed by atoms with E-state index in [1.54, 1.807) is 0 Å². The van der Waals surface area contributed by atoms with Crippen molar-refractivity contribution in [3.63, 3.8) is 0 Å². The van der Waals surface area contributed by atoms with Crippen molar-refractivity contribution in [1.82, 2.24) is 15.1 Å². The Morgan fingerprint density at radius 2 is 1.97 bits per heavy atom. The third-order valence-corrected chi connectivity index (χ3v) is 6.22. The second-order valence-corrected chi connectivity index (χ2v) is 10.4. The van der Waals surface area contributed by atoms with Crippen LogP contribution in [0.2, 0.25) is 0 Å². The Labute approximate surface area is 191 Å². The first-order chi connectivity index (χ1) is 14.8. The Bertz CT molecular complexity index is 909. The second kappa shape index (κ2) is 9.36. The molecular formula is C23H32BrN3O4. The van der Waals surface area contributed by atoms with Crippen LogP contribution in [-0.2, 0) is 9.47 Å². The summed E-state index contributed by atoms with van der Waals surface area (Å²) in [6.45, 7) is 6.40. The smallest absolute Gasteiger partial charge is 0.407 e. The van der Waals surface area contributed by atoms with Crippen LogP contribution in [0, 0.1) is 0 Å². The van der Waals surface area contributed by atoms with Gasteiger partial charge in [0.25, 0.3) is 0 Å². The summed E-state index contributed by atoms with van der Waals surface area (Å²) in [5.74, 6) is 0.843. The number of benzene rings is 1. The van der Waals surface area contributed by atoms with E-state index in [1.807, 2.05) is 37.7 Å². The minimum atomic E-state index is -0.483. The van der Waals surface area contributed by atoms with Gasteiger partial charge in [-0.25, -0.2) is 9.48 Å². The van der Waals surface area contributed by atoms with E-state index in [4.69, 9.17) is 14.2 Å². The molecule has 170 valence electrons. The molecule has 1 aromatic heterocycles. The van der Waals surface area contributed by atoms with Crippen molar-refractivity contribution in [3.05, 3.63) is 22.8 Å². The number of amides is 1. The molecule has 2 fully saturated rings. The first-order valence-electron chi connectivity index (χ1n) is 11.2. The molecule has 1 saturated carbocycles. The van der Waals surface area contributed by atoms with Gasteiger partial charge in [0.05, 0.1) is 23.2 Å². The molecule has 1 atom stereocenters. The molecule has 1 aromatic carbocycles. The lowest BCUT2D eigenvalue weighted by Crippen LogP contribution is -2.42. The molecule has 1 saturated heterocycles. The van der Waals surface area contributed by atoms with Crippen molar-refractivity contribution in [2.24, 2.45) is 0 Å². The molecule has 0 bridgehead atoms. The maximum Gasteiger partial charge on any atom is 0.407 e. The number of carbonyl (C=O) groups is 1. The summed E-state index contributed by atoms with van der Waals surface area (Å²) in [4.78, 5) is 12.0. The third kappa shape index (κ3) is 5.71. The van der Waals surface area contributed by atoms with Gasteiger partial charge in [0.1, 0.15) is 11.4 Å². The number of nitrogens with zero attached hydrogens (tertiary/aromatic N) is 2. The van der Waals surface area contributed by atoms with Crippen LogP contribution in [0.25, 0.3) is 10.9 Å². The molecule has 7 nitrogen and oxygen atoms in total. The lowest BCUT2D eigenvalue weighted by Gasteiger charge is -2.30. The van der Waals surface area contributed by atoms with Gasteiger partial charge in [-0.1, -0.05) is 15.9 Å². The van der Waals surface area contributed by atoms with Crippen molar-refractivity contribution in [2.45, 2.75) is 89.7 Å². The highest BCUT2D eigenvalue weighted by Gasteiger charge is 2.27. The van der Waals surface area contributed by atoms with Crippen LogP contribution >= 0.6 is 15.9 Å². The van der Waals surface area contributed by atoms with E-state index in [9.17, 15) is 4.79 Å². The first kappa shape index (κ1) is 22.4. The molecule has 1 N–H and O–H groups in total. The molecular weight excluding hydrogens is 462 g/mol. The highest BCUT2D eigenvalue weighted by Crippen LogP contribution is 2.35. The maximum atomic E-state index is 12.0. The molecule has 31 heavy (non-hydrogen) atoms. The van der Waals surface area contributed by atoms with Gasteiger partial charge in [0.2, 0.25) is 0 Å². The van der Waals surface area contributed by atoms with Crippen molar-refractivity contribution in [1.29, 1.82) is 0 Å². The molecule has 1 aliphatic heterocycles. The number of carbonyl (C=O) groups excluding carboxylic acids is 1. The zero-order valence-corrected chi connectivity index (χ0v) is 20.1. The average molecular weight is 494 g/mol. The zero-order chi connectivity index (χ0) is 22.0. The van der Waals surface area contributed by atoms with Crippen LogP contribution in [0.1, 0.15) is 71.9 Å². The number of aromatic nitrogens is 2. The number of hydrogen-bond acceptors (Lipinski definition) is 5. The van der Waals surface area contributed by atoms with Crippen LogP contribution in [0.4, 0.5) is 4.79 Å². The predicted octanol–water partition coefficient (Wildman–Crippen LogP) is 5.71. The number of fused-ring (bicyclic) bond motifs is 1. The molecule has 0 radical (unpaired) electrons. The molecule has 1 amide bonds. The Balaban J connectivity index is 1.39. The highest BCUT2D eigenvalue weighted by atomic mass is 79.9. The normalized spacial score (nSPS) is 24.7. The standard InChI is InChI=1S/C23H32BrN3O4/c1-23(2,3)31-22(28)26-16-7-9-17(10-8-16)30-20-13-15(24)12-19-18(20)14-25-27(19)21-6-4-5-11-29-21/h12-14,16-17,21H,4-11H2,1-3H3,(H,26,28). The van der Waals surface area contributed by atoms with E-state index in [1.165, 1.54) is 0 Å². The lowest BCUT2D eigenvalue weighted by molar-refractivity contribution is -0.0366. The molecule has 4 rings (SSSR count). The van der Waals surface area contributed by atoms with Crippen molar-refractivity contribution in [2.75, 3.05) is 6.61 Å². The number of ether oxygens (including phenoxy) is 3. The number of alkyl carbamates (subject to hydrolysis) is 1. The van der Waals surface area contributed by atoms with Crippen LogP contribution in [0.15, 0.2) is 22.8 Å². The van der Waals surface area contributed by atoms with Crippen LogP contribution in [0.5, 0.6) is 5.75 Å². The number of rotatable bonds is 4. The van der Waals surface area contributed by atoms with E-state index in [0.29, 0.717) is 0 Å². The molecule has 2 aliphatic rings. The lowest BCUT2D eigenvalue weighted by atomic mass is 9.93. The molecule has 2 aromatic rings. The fraction of sp³-hybridized carbons (Fsp3) is 0.652. The van der Waals surface area contributed by atoms with Gasteiger partial charge in [0.15, 0.2) is 6.23 Å². The topological polar surface area (TPSA) is 74.6 Å². The fourth-order valence-corrected chi connectivity index (χ4v) is 4.73. The summed E-state index contributed by atoms with van der Waals surface area (Å²) in [6.07, 6.45) is 8.39. The van der Waals surface area contributed by atoms with Gasteiger partial charge < -0.3 is 19.5 Å². The minimum absolute atomic E-state index is 0.0113. The number of halogens is 1. The molecule has 2 heterocycles. The second-order valence-electron chi connectivity index (χ2n) is 9.48. The summed E-state index contributed by atoms with van der Waals surface area (Å²) < 4.78 is 20.7. The van der Waals surface area contributed by atoms with Crippen LogP contribution in [-0.4, -0.2) is 40.2 Å². The van der Waals surface area contributed by atoms with Crippen molar-refractivity contribution in [3.8, 4) is 5.75 Å². The predicted molar refractivity (Wildman–Crippen MR) is 122 cm³/mol. The van der Waals surface area contributed by atoms with Crippen molar-refractivity contribution < 1.29 is 19.0 Å². The number of hydrogen-bond donors (Lipinski definition) is 1. The Hall–Kier alpha value is -1.80. The van der Waals surface area contributed by atoms with E-state index in [2.05, 4.69) is 32.4 Å². The third-order valence-electron chi connectivity index (χ3n) is 5.76. The fourth-order valence-electron chi connectivity index (χ4n) is 4.30. The maximum absolute atomic E-state index is 12.0. The van der Waals surface area contributed by atoms with E-state index in [0.717, 1.165) is 72.7 Å². The molecule has 8 heteroatoms. The summed E-state index contributed by atoms with van der Waals surface area (Å²) in [5, 5.41) is 8.61.